The molecule has 0 aliphatic heterocycles. The highest BCUT2D eigenvalue weighted by atomic mass is 32.2. The van der Waals surface area contributed by atoms with Gasteiger partial charge in [-0.3, -0.25) is 4.79 Å². The van der Waals surface area contributed by atoms with Crippen molar-refractivity contribution in [3.05, 3.63) is 35.7 Å². The molecular formula is C18H25N3O5S. The van der Waals surface area contributed by atoms with E-state index in [-0.39, 0.29) is 35.8 Å². The van der Waals surface area contributed by atoms with Crippen molar-refractivity contribution in [2.45, 2.75) is 45.6 Å². The molecule has 27 heavy (non-hydrogen) atoms. The minimum absolute atomic E-state index is 0.0282. The number of nitrogens with one attached hydrogen (secondary N) is 1. The second-order valence-corrected chi connectivity index (χ2v) is 8.06. The number of nitrogens with zero attached hydrogens (tertiary/aromatic N) is 2. The maximum absolute atomic E-state index is 12.5. The van der Waals surface area contributed by atoms with E-state index in [9.17, 15) is 13.2 Å². The molecule has 0 unspecified atom stereocenters. The van der Waals surface area contributed by atoms with Crippen molar-refractivity contribution in [3.8, 4) is 5.75 Å². The predicted molar refractivity (Wildman–Crippen MR) is 101 cm³/mol. The molecule has 2 aromatic rings. The Labute approximate surface area is 159 Å². The molecule has 1 amide bonds. The molecule has 0 aliphatic carbocycles. The van der Waals surface area contributed by atoms with E-state index < -0.39 is 10.0 Å². The van der Waals surface area contributed by atoms with Gasteiger partial charge in [-0.25, -0.2) is 13.1 Å². The summed E-state index contributed by atoms with van der Waals surface area (Å²) < 4.78 is 38.2. The molecule has 0 saturated carbocycles. The summed E-state index contributed by atoms with van der Waals surface area (Å²) in [6.45, 7) is 8.50. The number of amides is 1. The van der Waals surface area contributed by atoms with Crippen LogP contribution in [-0.4, -0.2) is 38.7 Å². The summed E-state index contributed by atoms with van der Waals surface area (Å²) in [5.41, 5.74) is 0.884. The summed E-state index contributed by atoms with van der Waals surface area (Å²) in [7, 11) is -3.79. The van der Waals surface area contributed by atoms with Gasteiger partial charge in [-0.2, -0.15) is 0 Å². The molecule has 0 aliphatic rings. The maximum Gasteiger partial charge on any atom is 0.246 e. The minimum atomic E-state index is -3.79. The van der Waals surface area contributed by atoms with Crippen LogP contribution in [0.2, 0.25) is 0 Å². The maximum atomic E-state index is 12.5. The third kappa shape index (κ3) is 5.08. The van der Waals surface area contributed by atoms with Crippen LogP contribution >= 0.6 is 0 Å². The second-order valence-electron chi connectivity index (χ2n) is 6.36. The molecule has 8 nitrogen and oxygen atoms in total. The number of rotatable bonds is 8. The first kappa shape index (κ1) is 20.9. The molecule has 1 aromatic carbocycles. The van der Waals surface area contributed by atoms with E-state index in [1.807, 2.05) is 19.9 Å². The van der Waals surface area contributed by atoms with Gasteiger partial charge in [0.25, 0.3) is 0 Å². The summed E-state index contributed by atoms with van der Waals surface area (Å²) in [6, 6.07) is 7.16. The standard InChI is InChI=1S/C18H25N3O5S/c1-12(2)25-17-9-7-6-8-16(17)21(15(5)22)11-10-19-27(23,24)18-13(3)20-26-14(18)4/h6-9,12,19H,10-11H2,1-5H3. The SMILES string of the molecule is CC(=O)N(CCNS(=O)(=O)c1c(C)noc1C)c1ccccc1OC(C)C. The van der Waals surface area contributed by atoms with Crippen molar-refractivity contribution in [1.29, 1.82) is 0 Å². The van der Waals surface area contributed by atoms with Crippen molar-refractivity contribution in [1.82, 2.24) is 9.88 Å². The molecule has 0 saturated heterocycles. The number of benzene rings is 1. The predicted octanol–water partition coefficient (Wildman–Crippen LogP) is 2.41. The molecule has 2 rings (SSSR count). The van der Waals surface area contributed by atoms with Crippen molar-refractivity contribution in [2.75, 3.05) is 18.0 Å². The number of para-hydroxylation sites is 2. The summed E-state index contributed by atoms with van der Waals surface area (Å²) in [5.74, 6) is 0.571. The Kier molecular flexibility index (Phi) is 6.61. The van der Waals surface area contributed by atoms with Crippen LogP contribution in [0.1, 0.15) is 32.2 Å². The van der Waals surface area contributed by atoms with Gasteiger partial charge in [-0.05, 0) is 39.8 Å². The first-order valence-corrected chi connectivity index (χ1v) is 10.1. The zero-order valence-corrected chi connectivity index (χ0v) is 17.0. The van der Waals surface area contributed by atoms with Gasteiger partial charge in [0, 0.05) is 20.0 Å². The van der Waals surface area contributed by atoms with Crippen LogP contribution in [0.5, 0.6) is 5.75 Å². The van der Waals surface area contributed by atoms with Gasteiger partial charge < -0.3 is 14.2 Å². The number of aromatic nitrogens is 1. The van der Waals surface area contributed by atoms with Crippen molar-refractivity contribution >= 4 is 21.6 Å². The molecule has 0 bridgehead atoms. The smallest absolute Gasteiger partial charge is 0.246 e. The Hall–Kier alpha value is -2.39. The number of hydrogen-bond donors (Lipinski definition) is 1. The highest BCUT2D eigenvalue weighted by Crippen LogP contribution is 2.29. The quantitative estimate of drug-likeness (QED) is 0.736. The summed E-state index contributed by atoms with van der Waals surface area (Å²) in [5, 5.41) is 3.67. The zero-order chi connectivity index (χ0) is 20.2. The molecule has 1 heterocycles. The van der Waals surface area contributed by atoms with Crippen LogP contribution in [0, 0.1) is 13.8 Å². The third-order valence-corrected chi connectivity index (χ3v) is 5.47. The fourth-order valence-corrected chi connectivity index (χ4v) is 4.05. The van der Waals surface area contributed by atoms with Crippen LogP contribution < -0.4 is 14.4 Å². The Morgan fingerprint density at radius 2 is 1.96 bits per heavy atom. The number of sulfonamides is 1. The van der Waals surface area contributed by atoms with Crippen LogP contribution in [-0.2, 0) is 14.8 Å². The first-order chi connectivity index (χ1) is 12.6. The molecule has 1 aromatic heterocycles. The van der Waals surface area contributed by atoms with Gasteiger partial charge in [-0.15, -0.1) is 0 Å². The average molecular weight is 395 g/mol. The molecule has 148 valence electrons. The van der Waals surface area contributed by atoms with Crippen LogP contribution in [0.4, 0.5) is 5.69 Å². The third-order valence-electron chi connectivity index (χ3n) is 3.76. The van der Waals surface area contributed by atoms with E-state index in [1.54, 1.807) is 25.1 Å². The fourth-order valence-electron chi connectivity index (χ4n) is 2.70. The average Bonchev–Trinajstić information content (AvgIpc) is 2.91. The highest BCUT2D eigenvalue weighted by molar-refractivity contribution is 7.89. The molecule has 0 atom stereocenters. The van der Waals surface area contributed by atoms with Crippen molar-refractivity contribution in [3.63, 3.8) is 0 Å². The van der Waals surface area contributed by atoms with Crippen LogP contribution in [0.25, 0.3) is 0 Å². The molecule has 1 N–H and O–H groups in total. The highest BCUT2D eigenvalue weighted by Gasteiger charge is 2.24. The van der Waals surface area contributed by atoms with Gasteiger partial charge >= 0.3 is 0 Å². The molecule has 9 heteroatoms. The normalized spacial score (nSPS) is 11.6. The number of carbonyl (C=O) groups is 1. The zero-order valence-electron chi connectivity index (χ0n) is 16.1. The summed E-state index contributed by atoms with van der Waals surface area (Å²) in [4.78, 5) is 13.7. The lowest BCUT2D eigenvalue weighted by atomic mass is 10.2. The molecular weight excluding hydrogens is 370 g/mol. The number of anilines is 1. The van der Waals surface area contributed by atoms with Gasteiger partial charge in [0.05, 0.1) is 11.8 Å². The fraction of sp³-hybridized carbons (Fsp3) is 0.444. The topological polar surface area (TPSA) is 102 Å². The van der Waals surface area contributed by atoms with E-state index in [0.29, 0.717) is 17.1 Å². The monoisotopic (exact) mass is 395 g/mol. The van der Waals surface area contributed by atoms with Gasteiger partial charge in [-0.1, -0.05) is 17.3 Å². The number of aryl methyl sites for hydroxylation is 2. The molecule has 0 spiro atoms. The number of hydrogen-bond acceptors (Lipinski definition) is 6. The first-order valence-electron chi connectivity index (χ1n) is 8.59. The largest absolute Gasteiger partial charge is 0.489 e. The summed E-state index contributed by atoms with van der Waals surface area (Å²) in [6.07, 6.45) is -0.0574. The van der Waals surface area contributed by atoms with Crippen LogP contribution in [0.3, 0.4) is 0 Å². The Bertz CT molecular complexity index is 886. The Balaban J connectivity index is 2.16. The lowest BCUT2D eigenvalue weighted by molar-refractivity contribution is -0.116. The van der Waals surface area contributed by atoms with Gasteiger partial charge in [0.2, 0.25) is 15.9 Å². The minimum Gasteiger partial charge on any atom is -0.489 e. The van der Waals surface area contributed by atoms with Gasteiger partial charge in [0.1, 0.15) is 16.3 Å². The van der Waals surface area contributed by atoms with Gasteiger partial charge in [0.15, 0.2) is 5.76 Å². The molecule has 0 fully saturated rings. The van der Waals surface area contributed by atoms with E-state index >= 15 is 0 Å². The lowest BCUT2D eigenvalue weighted by Crippen LogP contribution is -2.38. The molecule has 0 radical (unpaired) electrons. The van der Waals surface area contributed by atoms with E-state index in [1.165, 1.54) is 18.7 Å². The Morgan fingerprint density at radius 3 is 2.52 bits per heavy atom. The van der Waals surface area contributed by atoms with E-state index in [0.717, 1.165) is 0 Å². The Morgan fingerprint density at radius 1 is 1.30 bits per heavy atom. The summed E-state index contributed by atoms with van der Waals surface area (Å²) >= 11 is 0. The van der Waals surface area contributed by atoms with E-state index in [4.69, 9.17) is 9.26 Å². The number of carbonyl (C=O) groups excluding carboxylic acids is 1. The van der Waals surface area contributed by atoms with E-state index in [2.05, 4.69) is 9.88 Å². The van der Waals surface area contributed by atoms with Crippen LogP contribution in [0.15, 0.2) is 33.7 Å². The number of ether oxygens (including phenoxy) is 1. The van der Waals surface area contributed by atoms with Crippen molar-refractivity contribution < 1.29 is 22.5 Å². The lowest BCUT2D eigenvalue weighted by Gasteiger charge is -2.24. The van der Waals surface area contributed by atoms with Crippen molar-refractivity contribution in [2.24, 2.45) is 0 Å². The second kappa shape index (κ2) is 8.53.